The van der Waals surface area contributed by atoms with Crippen LogP contribution in [0.3, 0.4) is 0 Å². The van der Waals surface area contributed by atoms with Crippen molar-refractivity contribution in [3.63, 3.8) is 0 Å². The highest BCUT2D eigenvalue weighted by atomic mass is 16.5. The Morgan fingerprint density at radius 3 is 2.90 bits per heavy atom. The van der Waals surface area contributed by atoms with Crippen LogP contribution in [0.25, 0.3) is 0 Å². The van der Waals surface area contributed by atoms with Crippen LogP contribution in [0.5, 0.6) is 0 Å². The van der Waals surface area contributed by atoms with E-state index in [9.17, 15) is 4.79 Å². The molecule has 5 nitrogen and oxygen atoms in total. The van der Waals surface area contributed by atoms with Crippen molar-refractivity contribution < 1.29 is 9.53 Å². The van der Waals surface area contributed by atoms with Crippen LogP contribution >= 0.6 is 0 Å². The summed E-state index contributed by atoms with van der Waals surface area (Å²) in [7, 11) is 0. The number of aryl methyl sites for hydroxylation is 2. The summed E-state index contributed by atoms with van der Waals surface area (Å²) in [5, 5.41) is 4.55. The molecule has 2 aliphatic rings. The second-order valence-electron chi connectivity index (χ2n) is 6.35. The van der Waals surface area contributed by atoms with Gasteiger partial charge in [0.05, 0.1) is 30.8 Å². The molecule has 0 bridgehead atoms. The first-order valence-electron chi connectivity index (χ1n) is 8.04. The first-order chi connectivity index (χ1) is 10.1. The van der Waals surface area contributed by atoms with E-state index < -0.39 is 0 Å². The van der Waals surface area contributed by atoms with Gasteiger partial charge < -0.3 is 9.64 Å². The molecule has 21 heavy (non-hydrogen) atoms. The van der Waals surface area contributed by atoms with Crippen LogP contribution in [-0.4, -0.2) is 46.4 Å². The lowest BCUT2D eigenvalue weighted by Gasteiger charge is -2.37. The number of ether oxygens (including phenoxy) is 1. The molecule has 0 aliphatic carbocycles. The molecule has 1 aromatic heterocycles. The summed E-state index contributed by atoms with van der Waals surface area (Å²) in [6.45, 7) is 7.13. The summed E-state index contributed by atoms with van der Waals surface area (Å²) in [6, 6.07) is 2.38. The molecule has 2 aliphatic heterocycles. The molecule has 0 radical (unpaired) electrons. The molecule has 1 aromatic rings. The average molecular weight is 291 g/mol. The van der Waals surface area contributed by atoms with E-state index in [4.69, 9.17) is 4.74 Å². The van der Waals surface area contributed by atoms with E-state index in [1.54, 1.807) is 0 Å². The summed E-state index contributed by atoms with van der Waals surface area (Å²) in [5.41, 5.74) is 2.22. The van der Waals surface area contributed by atoms with Crippen LogP contribution in [0.4, 0.5) is 0 Å². The van der Waals surface area contributed by atoms with Crippen LogP contribution in [0.15, 0.2) is 6.07 Å². The summed E-state index contributed by atoms with van der Waals surface area (Å²) >= 11 is 0. The highest BCUT2D eigenvalue weighted by molar-refractivity contribution is 5.79. The Morgan fingerprint density at radius 2 is 2.24 bits per heavy atom. The van der Waals surface area contributed by atoms with Gasteiger partial charge in [0, 0.05) is 18.8 Å². The molecule has 2 saturated heterocycles. The summed E-state index contributed by atoms with van der Waals surface area (Å²) in [5.74, 6) is 0.366. The maximum atomic E-state index is 12.7. The van der Waals surface area contributed by atoms with Crippen molar-refractivity contribution in [2.75, 3.05) is 19.8 Å². The lowest BCUT2D eigenvalue weighted by Crippen LogP contribution is -2.48. The number of amides is 1. The third-order valence-corrected chi connectivity index (χ3v) is 4.68. The third-order valence-electron chi connectivity index (χ3n) is 4.68. The lowest BCUT2D eigenvalue weighted by molar-refractivity contribution is -0.139. The van der Waals surface area contributed by atoms with Gasteiger partial charge in [-0.3, -0.25) is 9.48 Å². The number of nitrogens with zero attached hydrogens (tertiary/aromatic N) is 3. The monoisotopic (exact) mass is 291 g/mol. The summed E-state index contributed by atoms with van der Waals surface area (Å²) < 4.78 is 7.43. The largest absolute Gasteiger partial charge is 0.381 e. The van der Waals surface area contributed by atoms with Gasteiger partial charge in [0.1, 0.15) is 0 Å². The van der Waals surface area contributed by atoms with Crippen molar-refractivity contribution in [1.29, 1.82) is 0 Å². The molecule has 3 rings (SSSR count). The van der Waals surface area contributed by atoms with Gasteiger partial charge in [-0.15, -0.1) is 0 Å². The predicted octanol–water partition coefficient (Wildman–Crippen LogP) is 1.92. The first-order valence-corrected chi connectivity index (χ1v) is 8.04. The number of carbonyl (C=O) groups excluding carboxylic acids is 1. The average Bonchev–Trinajstić information content (AvgIpc) is 3.09. The number of carbonyl (C=O) groups is 1. The number of likely N-dealkylation sites (tertiary alicyclic amines) is 1. The molecule has 116 valence electrons. The van der Waals surface area contributed by atoms with E-state index in [0.717, 1.165) is 44.7 Å². The molecule has 0 spiro atoms. The Balaban J connectivity index is 1.71. The molecule has 3 heterocycles. The maximum Gasteiger partial charge on any atom is 0.228 e. The Hall–Kier alpha value is -1.36. The standard InChI is InChI=1S/C16H25N3O2/c1-12-9-13(2)19(17-12)10-15-5-3-4-7-18(15)16(20)14-6-8-21-11-14/h9,14-15H,3-8,10-11H2,1-2H3. The van der Waals surface area contributed by atoms with Crippen LogP contribution in [0.2, 0.25) is 0 Å². The lowest BCUT2D eigenvalue weighted by atomic mass is 9.98. The van der Waals surface area contributed by atoms with Gasteiger partial charge in [0.15, 0.2) is 0 Å². The number of rotatable bonds is 3. The van der Waals surface area contributed by atoms with E-state index in [0.29, 0.717) is 12.5 Å². The number of aromatic nitrogens is 2. The number of hydrogen-bond acceptors (Lipinski definition) is 3. The minimum atomic E-state index is 0.0751. The molecule has 0 aromatic carbocycles. The predicted molar refractivity (Wildman–Crippen MR) is 80.0 cm³/mol. The quantitative estimate of drug-likeness (QED) is 0.855. The highest BCUT2D eigenvalue weighted by Gasteiger charge is 2.33. The van der Waals surface area contributed by atoms with Gasteiger partial charge in [0.2, 0.25) is 5.91 Å². The summed E-state index contributed by atoms with van der Waals surface area (Å²) in [4.78, 5) is 14.8. The minimum Gasteiger partial charge on any atom is -0.381 e. The fourth-order valence-corrected chi connectivity index (χ4v) is 3.50. The number of hydrogen-bond donors (Lipinski definition) is 0. The number of piperidine rings is 1. The molecule has 2 unspecified atom stereocenters. The smallest absolute Gasteiger partial charge is 0.228 e. The van der Waals surface area contributed by atoms with Gasteiger partial charge in [-0.25, -0.2) is 0 Å². The second-order valence-corrected chi connectivity index (χ2v) is 6.35. The molecule has 2 fully saturated rings. The van der Waals surface area contributed by atoms with Crippen LogP contribution in [0, 0.1) is 19.8 Å². The van der Waals surface area contributed by atoms with E-state index in [-0.39, 0.29) is 12.0 Å². The van der Waals surface area contributed by atoms with Crippen molar-refractivity contribution in [1.82, 2.24) is 14.7 Å². The van der Waals surface area contributed by atoms with Crippen LogP contribution < -0.4 is 0 Å². The molecule has 1 amide bonds. The summed E-state index contributed by atoms with van der Waals surface area (Å²) in [6.07, 6.45) is 4.28. The molecule has 2 atom stereocenters. The Bertz CT molecular complexity index is 506. The van der Waals surface area contributed by atoms with Gasteiger partial charge >= 0.3 is 0 Å². The van der Waals surface area contributed by atoms with Gasteiger partial charge in [0.25, 0.3) is 0 Å². The van der Waals surface area contributed by atoms with Crippen molar-refractivity contribution in [2.24, 2.45) is 5.92 Å². The van der Waals surface area contributed by atoms with Crippen LogP contribution in [0.1, 0.15) is 37.1 Å². The zero-order chi connectivity index (χ0) is 14.8. The molecule has 0 saturated carbocycles. The van der Waals surface area contributed by atoms with Crippen molar-refractivity contribution >= 4 is 5.91 Å². The maximum absolute atomic E-state index is 12.7. The first kappa shape index (κ1) is 14.6. The highest BCUT2D eigenvalue weighted by Crippen LogP contribution is 2.24. The minimum absolute atomic E-state index is 0.0751. The van der Waals surface area contributed by atoms with E-state index >= 15 is 0 Å². The van der Waals surface area contributed by atoms with Crippen molar-refractivity contribution in [2.45, 2.75) is 52.1 Å². The third kappa shape index (κ3) is 3.12. The van der Waals surface area contributed by atoms with E-state index in [1.165, 1.54) is 12.1 Å². The fourth-order valence-electron chi connectivity index (χ4n) is 3.50. The molecule has 5 heteroatoms. The Morgan fingerprint density at radius 1 is 1.38 bits per heavy atom. The zero-order valence-corrected chi connectivity index (χ0v) is 13.0. The molecule has 0 N–H and O–H groups in total. The zero-order valence-electron chi connectivity index (χ0n) is 13.0. The van der Waals surface area contributed by atoms with E-state index in [2.05, 4.69) is 27.7 Å². The topological polar surface area (TPSA) is 47.4 Å². The second kappa shape index (κ2) is 6.18. The van der Waals surface area contributed by atoms with Crippen molar-refractivity contribution in [3.8, 4) is 0 Å². The van der Waals surface area contributed by atoms with Crippen molar-refractivity contribution in [3.05, 3.63) is 17.5 Å². The molecular formula is C16H25N3O2. The fraction of sp³-hybridized carbons (Fsp3) is 0.750. The van der Waals surface area contributed by atoms with Crippen LogP contribution in [-0.2, 0) is 16.1 Å². The van der Waals surface area contributed by atoms with Gasteiger partial charge in [-0.2, -0.15) is 5.10 Å². The SMILES string of the molecule is Cc1cc(C)n(CC2CCCCN2C(=O)C2CCOC2)n1. The molecular weight excluding hydrogens is 266 g/mol. The Labute approximate surface area is 126 Å². The normalized spacial score (nSPS) is 26.3. The van der Waals surface area contributed by atoms with Gasteiger partial charge in [-0.05, 0) is 45.6 Å². The van der Waals surface area contributed by atoms with Gasteiger partial charge in [-0.1, -0.05) is 0 Å². The van der Waals surface area contributed by atoms with E-state index in [1.807, 2.05) is 6.92 Å². The Kier molecular flexibility index (Phi) is 4.29.